The molecule has 0 radical (unpaired) electrons. The van der Waals surface area contributed by atoms with Gasteiger partial charge in [0.1, 0.15) is 0 Å². The first-order valence-electron chi connectivity index (χ1n) is 4.59. The maximum atomic E-state index is 2.46. The minimum atomic E-state index is 1.02. The van der Waals surface area contributed by atoms with Gasteiger partial charge in [-0.15, -0.1) is 0 Å². The van der Waals surface area contributed by atoms with Crippen LogP contribution in [0.1, 0.15) is 39.0 Å². The van der Waals surface area contributed by atoms with E-state index in [9.17, 15) is 0 Å². The van der Waals surface area contributed by atoms with Crippen molar-refractivity contribution in [3.05, 3.63) is 11.6 Å². The summed E-state index contributed by atoms with van der Waals surface area (Å²) in [4.78, 5) is 0. The molecule has 0 saturated heterocycles. The summed E-state index contributed by atoms with van der Waals surface area (Å²) in [6.45, 7) is 2.25. The third-order valence-corrected chi connectivity index (χ3v) is 3.06. The maximum absolute atomic E-state index is 2.46. The molecule has 2 atom stereocenters. The third-order valence-electron chi connectivity index (χ3n) is 3.06. The molecule has 2 saturated carbocycles. The summed E-state index contributed by atoms with van der Waals surface area (Å²) in [5, 5.41) is 0. The molecular formula is C10H16. The van der Waals surface area contributed by atoms with Crippen LogP contribution in [-0.2, 0) is 0 Å². The Bertz CT molecular complexity index is 155. The van der Waals surface area contributed by atoms with Crippen LogP contribution >= 0.6 is 0 Å². The predicted octanol–water partition coefficient (Wildman–Crippen LogP) is 3.14. The van der Waals surface area contributed by atoms with Crippen molar-refractivity contribution < 1.29 is 0 Å². The van der Waals surface area contributed by atoms with Crippen molar-refractivity contribution in [2.75, 3.05) is 0 Å². The van der Waals surface area contributed by atoms with Crippen LogP contribution < -0.4 is 0 Å². The van der Waals surface area contributed by atoms with Gasteiger partial charge in [0, 0.05) is 0 Å². The van der Waals surface area contributed by atoms with Gasteiger partial charge < -0.3 is 0 Å². The Morgan fingerprint density at radius 1 is 1.50 bits per heavy atom. The van der Waals surface area contributed by atoms with Crippen LogP contribution in [0.25, 0.3) is 0 Å². The molecule has 0 heteroatoms. The van der Waals surface area contributed by atoms with Gasteiger partial charge >= 0.3 is 0 Å². The van der Waals surface area contributed by atoms with Crippen molar-refractivity contribution in [2.24, 2.45) is 11.8 Å². The molecule has 2 unspecified atom stereocenters. The summed E-state index contributed by atoms with van der Waals surface area (Å²) in [5.74, 6) is 2.10. The van der Waals surface area contributed by atoms with Gasteiger partial charge in [-0.2, -0.15) is 0 Å². The highest BCUT2D eigenvalue weighted by Gasteiger charge is 2.34. The lowest BCUT2D eigenvalue weighted by molar-refractivity contribution is 0.559. The molecule has 0 N–H and O–H groups in total. The molecular weight excluding hydrogens is 120 g/mol. The van der Waals surface area contributed by atoms with Crippen molar-refractivity contribution >= 4 is 0 Å². The molecule has 2 bridgehead atoms. The summed E-state index contributed by atoms with van der Waals surface area (Å²) in [6, 6.07) is 0. The van der Waals surface area contributed by atoms with Gasteiger partial charge in [-0.3, -0.25) is 0 Å². The van der Waals surface area contributed by atoms with E-state index in [2.05, 4.69) is 13.0 Å². The lowest BCUT2D eigenvalue weighted by Gasteiger charge is -2.12. The van der Waals surface area contributed by atoms with Crippen LogP contribution in [0.5, 0.6) is 0 Å². The average molecular weight is 136 g/mol. The fraction of sp³-hybridized carbons (Fsp3) is 0.800. The van der Waals surface area contributed by atoms with Crippen LogP contribution in [0.3, 0.4) is 0 Å². The molecule has 2 aliphatic rings. The Morgan fingerprint density at radius 3 is 2.90 bits per heavy atom. The van der Waals surface area contributed by atoms with E-state index in [-0.39, 0.29) is 0 Å². The van der Waals surface area contributed by atoms with Crippen LogP contribution in [0.2, 0.25) is 0 Å². The number of hydrogen-bond acceptors (Lipinski definition) is 0. The first-order chi connectivity index (χ1) is 4.90. The minimum Gasteiger partial charge on any atom is -0.0853 e. The van der Waals surface area contributed by atoms with E-state index in [4.69, 9.17) is 0 Å². The van der Waals surface area contributed by atoms with E-state index in [1.54, 1.807) is 5.57 Å². The van der Waals surface area contributed by atoms with Crippen molar-refractivity contribution in [2.45, 2.75) is 39.0 Å². The van der Waals surface area contributed by atoms with Crippen LogP contribution in [0, 0.1) is 11.8 Å². The molecule has 10 heavy (non-hydrogen) atoms. The second-order valence-corrected chi connectivity index (χ2v) is 3.77. The molecule has 2 fully saturated rings. The SMILES string of the molecule is CCC=C1CC2CCC1C2. The molecule has 2 rings (SSSR count). The summed E-state index contributed by atoms with van der Waals surface area (Å²) in [6.07, 6.45) is 9.69. The zero-order chi connectivity index (χ0) is 6.97. The normalized spacial score (nSPS) is 41.5. The first-order valence-corrected chi connectivity index (χ1v) is 4.59. The van der Waals surface area contributed by atoms with Crippen LogP contribution in [0.15, 0.2) is 11.6 Å². The standard InChI is InChI=1S/C10H16/c1-2-3-9-6-8-4-5-10(9)7-8/h3,8,10H,2,4-7H2,1H3. The lowest BCUT2D eigenvalue weighted by Crippen LogP contribution is -1.97. The van der Waals surface area contributed by atoms with Gasteiger partial charge in [0.2, 0.25) is 0 Å². The fourth-order valence-corrected chi connectivity index (χ4v) is 2.61. The molecule has 0 aromatic carbocycles. The van der Waals surface area contributed by atoms with Crippen LogP contribution in [-0.4, -0.2) is 0 Å². The fourth-order valence-electron chi connectivity index (χ4n) is 2.61. The van der Waals surface area contributed by atoms with E-state index in [0.29, 0.717) is 0 Å². The van der Waals surface area contributed by atoms with Crippen LogP contribution in [0.4, 0.5) is 0 Å². The highest BCUT2D eigenvalue weighted by molar-refractivity contribution is 5.16. The molecule has 2 aliphatic carbocycles. The van der Waals surface area contributed by atoms with Gasteiger partial charge in [-0.25, -0.2) is 0 Å². The van der Waals surface area contributed by atoms with E-state index >= 15 is 0 Å². The summed E-state index contributed by atoms with van der Waals surface area (Å²) in [5.41, 5.74) is 1.79. The number of rotatable bonds is 1. The van der Waals surface area contributed by atoms with E-state index < -0.39 is 0 Å². The Kier molecular flexibility index (Phi) is 1.55. The second kappa shape index (κ2) is 2.41. The van der Waals surface area contributed by atoms with Crippen molar-refractivity contribution in [3.8, 4) is 0 Å². The molecule has 0 aromatic heterocycles. The zero-order valence-electron chi connectivity index (χ0n) is 6.77. The van der Waals surface area contributed by atoms with Crippen molar-refractivity contribution in [1.29, 1.82) is 0 Å². The molecule has 0 aromatic rings. The first kappa shape index (κ1) is 6.45. The summed E-state index contributed by atoms with van der Waals surface area (Å²) in [7, 11) is 0. The Hall–Kier alpha value is -0.260. The monoisotopic (exact) mass is 136 g/mol. The van der Waals surface area contributed by atoms with Gasteiger partial charge in [0.05, 0.1) is 0 Å². The third kappa shape index (κ3) is 0.902. The zero-order valence-corrected chi connectivity index (χ0v) is 6.77. The molecule has 0 spiro atoms. The molecule has 0 amide bonds. The molecule has 56 valence electrons. The smallest absolute Gasteiger partial charge is 0.0200 e. The topological polar surface area (TPSA) is 0 Å². The second-order valence-electron chi connectivity index (χ2n) is 3.77. The van der Waals surface area contributed by atoms with Gasteiger partial charge in [0.25, 0.3) is 0 Å². The highest BCUT2D eigenvalue weighted by atomic mass is 14.4. The molecule has 0 heterocycles. The largest absolute Gasteiger partial charge is 0.0853 e. The Morgan fingerprint density at radius 2 is 2.40 bits per heavy atom. The summed E-state index contributed by atoms with van der Waals surface area (Å²) >= 11 is 0. The van der Waals surface area contributed by atoms with Gasteiger partial charge in [-0.05, 0) is 43.9 Å². The maximum Gasteiger partial charge on any atom is -0.0200 e. The van der Waals surface area contributed by atoms with Crippen molar-refractivity contribution in [3.63, 3.8) is 0 Å². The average Bonchev–Trinajstić information content (AvgIpc) is 2.48. The number of hydrogen-bond donors (Lipinski definition) is 0. The summed E-state index contributed by atoms with van der Waals surface area (Å²) < 4.78 is 0. The van der Waals surface area contributed by atoms with Crippen molar-refractivity contribution in [1.82, 2.24) is 0 Å². The Balaban J connectivity index is 2.08. The lowest BCUT2D eigenvalue weighted by atomic mass is 9.94. The van der Waals surface area contributed by atoms with E-state index in [1.165, 1.54) is 32.1 Å². The van der Waals surface area contributed by atoms with Gasteiger partial charge in [-0.1, -0.05) is 18.6 Å². The minimum absolute atomic E-state index is 1.02. The van der Waals surface area contributed by atoms with E-state index in [0.717, 1.165) is 11.8 Å². The predicted molar refractivity (Wildman–Crippen MR) is 43.8 cm³/mol. The number of fused-ring (bicyclic) bond motifs is 2. The highest BCUT2D eigenvalue weighted by Crippen LogP contribution is 2.47. The van der Waals surface area contributed by atoms with E-state index in [1.807, 2.05) is 0 Å². The molecule has 0 aliphatic heterocycles. The number of allylic oxidation sites excluding steroid dienone is 2. The molecule has 0 nitrogen and oxygen atoms in total. The Labute approximate surface area is 63.3 Å². The quantitative estimate of drug-likeness (QED) is 0.486. The van der Waals surface area contributed by atoms with Gasteiger partial charge in [0.15, 0.2) is 0 Å².